The summed E-state index contributed by atoms with van der Waals surface area (Å²) in [4.78, 5) is 13.9. The lowest BCUT2D eigenvalue weighted by atomic mass is 9.98. The van der Waals surface area contributed by atoms with E-state index >= 15 is 0 Å². The molecule has 0 aromatic heterocycles. The molecule has 0 heterocycles. The third-order valence-corrected chi connectivity index (χ3v) is 3.76. The molecule has 0 aliphatic carbocycles. The van der Waals surface area contributed by atoms with Crippen molar-refractivity contribution in [3.63, 3.8) is 0 Å². The van der Waals surface area contributed by atoms with E-state index in [1.807, 2.05) is 20.8 Å². The van der Waals surface area contributed by atoms with Gasteiger partial charge in [-0.05, 0) is 38.5 Å². The third kappa shape index (κ3) is 3.00. The standard InChI is InChI=1S/C13H18BrNO2/c1-5-13(2,3)15(4)12(17)10-7-6-9(14)8-11(10)16/h6-8,16H,5H2,1-4H3. The second-order valence-electron chi connectivity index (χ2n) is 4.69. The molecule has 0 unspecified atom stereocenters. The molecule has 0 atom stereocenters. The van der Waals surface area contributed by atoms with Crippen molar-refractivity contribution in [2.24, 2.45) is 0 Å². The van der Waals surface area contributed by atoms with Crippen LogP contribution in [0.5, 0.6) is 5.75 Å². The van der Waals surface area contributed by atoms with Crippen LogP contribution >= 0.6 is 15.9 Å². The Morgan fingerprint density at radius 3 is 2.53 bits per heavy atom. The average Bonchev–Trinajstić information content (AvgIpc) is 2.27. The van der Waals surface area contributed by atoms with Crippen molar-refractivity contribution in [1.82, 2.24) is 4.90 Å². The quantitative estimate of drug-likeness (QED) is 0.929. The van der Waals surface area contributed by atoms with Crippen LogP contribution < -0.4 is 0 Å². The van der Waals surface area contributed by atoms with Crippen molar-refractivity contribution >= 4 is 21.8 Å². The lowest BCUT2D eigenvalue weighted by Crippen LogP contribution is -2.44. The zero-order valence-corrected chi connectivity index (χ0v) is 12.2. The Labute approximate surface area is 111 Å². The van der Waals surface area contributed by atoms with Crippen LogP contribution in [0.15, 0.2) is 22.7 Å². The van der Waals surface area contributed by atoms with Gasteiger partial charge in [0.2, 0.25) is 0 Å². The minimum absolute atomic E-state index is 0.00290. The summed E-state index contributed by atoms with van der Waals surface area (Å²) < 4.78 is 0.754. The van der Waals surface area contributed by atoms with E-state index < -0.39 is 0 Å². The number of amides is 1. The molecular weight excluding hydrogens is 282 g/mol. The van der Waals surface area contributed by atoms with E-state index in [1.54, 1.807) is 24.1 Å². The van der Waals surface area contributed by atoms with Crippen molar-refractivity contribution in [1.29, 1.82) is 0 Å². The number of nitrogens with zero attached hydrogens (tertiary/aromatic N) is 1. The van der Waals surface area contributed by atoms with Crippen LogP contribution in [0.2, 0.25) is 0 Å². The van der Waals surface area contributed by atoms with E-state index in [-0.39, 0.29) is 17.2 Å². The summed E-state index contributed by atoms with van der Waals surface area (Å²) in [7, 11) is 1.76. The van der Waals surface area contributed by atoms with Gasteiger partial charge in [-0.25, -0.2) is 0 Å². The number of phenols is 1. The third-order valence-electron chi connectivity index (χ3n) is 3.27. The first-order valence-electron chi connectivity index (χ1n) is 5.56. The molecule has 0 saturated heterocycles. The average molecular weight is 300 g/mol. The first-order chi connectivity index (χ1) is 7.79. The first kappa shape index (κ1) is 14.0. The Balaban J connectivity index is 3.05. The number of carbonyl (C=O) groups is 1. The highest BCUT2D eigenvalue weighted by Gasteiger charge is 2.27. The van der Waals surface area contributed by atoms with Gasteiger partial charge in [-0.2, -0.15) is 0 Å². The number of aromatic hydroxyl groups is 1. The largest absolute Gasteiger partial charge is 0.507 e. The van der Waals surface area contributed by atoms with Gasteiger partial charge in [-0.15, -0.1) is 0 Å². The highest BCUT2D eigenvalue weighted by Crippen LogP contribution is 2.26. The second-order valence-corrected chi connectivity index (χ2v) is 5.61. The van der Waals surface area contributed by atoms with E-state index in [2.05, 4.69) is 15.9 Å². The summed E-state index contributed by atoms with van der Waals surface area (Å²) in [5.41, 5.74) is 0.105. The van der Waals surface area contributed by atoms with Gasteiger partial charge in [0.1, 0.15) is 5.75 Å². The molecule has 4 heteroatoms. The smallest absolute Gasteiger partial charge is 0.257 e. The van der Waals surface area contributed by atoms with Crippen LogP contribution in [0.1, 0.15) is 37.6 Å². The highest BCUT2D eigenvalue weighted by atomic mass is 79.9. The molecule has 0 bridgehead atoms. The normalized spacial score (nSPS) is 11.4. The van der Waals surface area contributed by atoms with Gasteiger partial charge in [0.25, 0.3) is 5.91 Å². The monoisotopic (exact) mass is 299 g/mol. The highest BCUT2D eigenvalue weighted by molar-refractivity contribution is 9.10. The lowest BCUT2D eigenvalue weighted by Gasteiger charge is -2.35. The first-order valence-corrected chi connectivity index (χ1v) is 6.35. The molecule has 1 rings (SSSR count). The Morgan fingerprint density at radius 2 is 2.06 bits per heavy atom. The number of halogens is 1. The number of benzene rings is 1. The summed E-state index contributed by atoms with van der Waals surface area (Å²) >= 11 is 3.25. The van der Waals surface area contributed by atoms with Crippen LogP contribution in [0.25, 0.3) is 0 Å². The van der Waals surface area contributed by atoms with E-state index in [4.69, 9.17) is 0 Å². The predicted octanol–water partition coefficient (Wildman–Crippen LogP) is 3.42. The summed E-state index contributed by atoms with van der Waals surface area (Å²) in [6.45, 7) is 6.03. The Hall–Kier alpha value is -1.03. The SMILES string of the molecule is CCC(C)(C)N(C)C(=O)c1ccc(Br)cc1O. The molecule has 0 saturated carbocycles. The lowest BCUT2D eigenvalue weighted by molar-refractivity contribution is 0.0617. The maximum absolute atomic E-state index is 12.2. The maximum atomic E-state index is 12.2. The Kier molecular flexibility index (Phi) is 4.20. The fourth-order valence-electron chi connectivity index (χ4n) is 1.38. The molecular formula is C13H18BrNO2. The molecule has 0 radical (unpaired) electrons. The van der Waals surface area contributed by atoms with Crippen LogP contribution in [-0.2, 0) is 0 Å². The van der Waals surface area contributed by atoms with Gasteiger partial charge in [-0.3, -0.25) is 4.79 Å². The summed E-state index contributed by atoms with van der Waals surface area (Å²) in [6.07, 6.45) is 0.854. The zero-order valence-electron chi connectivity index (χ0n) is 10.6. The molecule has 17 heavy (non-hydrogen) atoms. The van der Waals surface area contributed by atoms with Crippen molar-refractivity contribution in [3.8, 4) is 5.75 Å². The topological polar surface area (TPSA) is 40.5 Å². The van der Waals surface area contributed by atoms with Gasteiger partial charge in [-0.1, -0.05) is 22.9 Å². The minimum Gasteiger partial charge on any atom is -0.507 e. The van der Waals surface area contributed by atoms with Crippen LogP contribution in [0.4, 0.5) is 0 Å². The molecule has 0 aliphatic rings. The zero-order chi connectivity index (χ0) is 13.2. The van der Waals surface area contributed by atoms with Crippen molar-refractivity contribution in [2.45, 2.75) is 32.7 Å². The maximum Gasteiger partial charge on any atom is 0.257 e. The van der Waals surface area contributed by atoms with Gasteiger partial charge in [0.15, 0.2) is 0 Å². The predicted molar refractivity (Wildman–Crippen MR) is 72.3 cm³/mol. The molecule has 0 aliphatic heterocycles. The van der Waals surface area contributed by atoms with Crippen molar-refractivity contribution in [2.75, 3.05) is 7.05 Å². The fourth-order valence-corrected chi connectivity index (χ4v) is 1.73. The molecule has 1 amide bonds. The van der Waals surface area contributed by atoms with Gasteiger partial charge >= 0.3 is 0 Å². The number of hydrogen-bond donors (Lipinski definition) is 1. The molecule has 0 fully saturated rings. The van der Waals surface area contributed by atoms with Gasteiger partial charge < -0.3 is 10.0 Å². The second kappa shape index (κ2) is 5.08. The van der Waals surface area contributed by atoms with Crippen LogP contribution in [0, 0.1) is 0 Å². The molecule has 1 aromatic rings. The van der Waals surface area contributed by atoms with Crippen molar-refractivity contribution in [3.05, 3.63) is 28.2 Å². The van der Waals surface area contributed by atoms with Crippen LogP contribution in [-0.4, -0.2) is 28.5 Å². The number of carbonyl (C=O) groups excluding carboxylic acids is 1. The summed E-state index contributed by atoms with van der Waals surface area (Å²) in [5, 5.41) is 9.77. The molecule has 1 N–H and O–H groups in total. The van der Waals surface area contributed by atoms with Crippen LogP contribution in [0.3, 0.4) is 0 Å². The molecule has 1 aromatic carbocycles. The number of hydrogen-bond acceptors (Lipinski definition) is 2. The molecule has 0 spiro atoms. The van der Waals surface area contributed by atoms with Gasteiger partial charge in [0, 0.05) is 17.1 Å². The van der Waals surface area contributed by atoms with E-state index in [9.17, 15) is 9.90 Å². The van der Waals surface area contributed by atoms with E-state index in [1.165, 1.54) is 6.07 Å². The Morgan fingerprint density at radius 1 is 1.47 bits per heavy atom. The van der Waals surface area contributed by atoms with Gasteiger partial charge in [0.05, 0.1) is 5.56 Å². The molecule has 94 valence electrons. The fraction of sp³-hybridized carbons (Fsp3) is 0.462. The summed E-state index contributed by atoms with van der Waals surface area (Å²) in [5.74, 6) is -0.162. The molecule has 3 nitrogen and oxygen atoms in total. The Bertz CT molecular complexity index is 429. The summed E-state index contributed by atoms with van der Waals surface area (Å²) in [6, 6.07) is 4.91. The van der Waals surface area contributed by atoms with Crippen molar-refractivity contribution < 1.29 is 9.90 Å². The van der Waals surface area contributed by atoms with E-state index in [0.29, 0.717) is 5.56 Å². The minimum atomic E-state index is -0.226. The van der Waals surface area contributed by atoms with E-state index in [0.717, 1.165) is 10.9 Å². The number of phenolic OH excluding ortho intramolecular Hbond substituents is 1. The number of rotatable bonds is 3.